The Labute approximate surface area is 113 Å². The van der Waals surface area contributed by atoms with Crippen molar-refractivity contribution < 1.29 is 0 Å². The Balaban J connectivity index is 2.26. The molecule has 0 aliphatic rings. The third-order valence-electron chi connectivity index (χ3n) is 2.64. The van der Waals surface area contributed by atoms with Gasteiger partial charge in [-0.25, -0.2) is 0 Å². The van der Waals surface area contributed by atoms with E-state index in [1.54, 1.807) is 0 Å². The Hall–Kier alpha value is -1.67. The molecule has 0 saturated heterocycles. The smallest absolute Gasteiger partial charge is 0.0550 e. The quantitative estimate of drug-likeness (QED) is 0.874. The van der Waals surface area contributed by atoms with Crippen LogP contribution >= 0.6 is 11.8 Å². The molecular formula is C16H17NS. The lowest BCUT2D eigenvalue weighted by molar-refractivity contribution is 1.15. The maximum Gasteiger partial charge on any atom is 0.0550 e. The Kier molecular flexibility index (Phi) is 4.48. The van der Waals surface area contributed by atoms with Crippen molar-refractivity contribution in [2.75, 3.05) is 5.75 Å². The third-order valence-corrected chi connectivity index (χ3v) is 4.06. The molecule has 0 bridgehead atoms. The molecule has 2 rings (SSSR count). The molecule has 0 aromatic heterocycles. The minimum Gasteiger partial charge on any atom is -0.402 e. The summed E-state index contributed by atoms with van der Waals surface area (Å²) < 4.78 is 0. The van der Waals surface area contributed by atoms with Crippen molar-refractivity contribution in [3.8, 4) is 0 Å². The summed E-state index contributed by atoms with van der Waals surface area (Å²) in [5, 5.41) is 0.313. The fourth-order valence-corrected chi connectivity index (χ4v) is 2.91. The summed E-state index contributed by atoms with van der Waals surface area (Å²) in [5.74, 6) is 0.772. The van der Waals surface area contributed by atoms with Crippen molar-refractivity contribution in [2.45, 2.75) is 5.25 Å². The van der Waals surface area contributed by atoms with Crippen LogP contribution in [-0.2, 0) is 0 Å². The van der Waals surface area contributed by atoms with E-state index in [4.69, 9.17) is 5.73 Å². The van der Waals surface area contributed by atoms with Crippen molar-refractivity contribution in [3.63, 3.8) is 0 Å². The lowest BCUT2D eigenvalue weighted by Gasteiger charge is -2.17. The van der Waals surface area contributed by atoms with Gasteiger partial charge in [-0.2, -0.15) is 0 Å². The van der Waals surface area contributed by atoms with Crippen LogP contribution in [0.2, 0.25) is 0 Å². The number of thioether (sulfide) groups is 1. The molecule has 0 aliphatic heterocycles. The molecule has 1 nitrogen and oxygen atoms in total. The molecule has 0 spiro atoms. The van der Waals surface area contributed by atoms with Gasteiger partial charge in [0.25, 0.3) is 0 Å². The molecule has 0 radical (unpaired) electrons. The molecule has 2 aromatic carbocycles. The SMILES string of the molecule is C=C(N)CSC(c1ccccc1)c1ccccc1. The van der Waals surface area contributed by atoms with Crippen LogP contribution in [-0.4, -0.2) is 5.75 Å². The second kappa shape index (κ2) is 6.31. The second-order valence-electron chi connectivity index (χ2n) is 4.17. The van der Waals surface area contributed by atoms with Gasteiger partial charge in [0.05, 0.1) is 5.25 Å². The minimum atomic E-state index is 0.313. The van der Waals surface area contributed by atoms with Gasteiger partial charge in [0.15, 0.2) is 0 Å². The maximum atomic E-state index is 5.68. The highest BCUT2D eigenvalue weighted by Crippen LogP contribution is 2.35. The molecule has 0 saturated carbocycles. The van der Waals surface area contributed by atoms with E-state index < -0.39 is 0 Å². The van der Waals surface area contributed by atoms with Gasteiger partial charge in [0.1, 0.15) is 0 Å². The van der Waals surface area contributed by atoms with Crippen molar-refractivity contribution in [1.82, 2.24) is 0 Å². The van der Waals surface area contributed by atoms with E-state index in [1.807, 2.05) is 23.9 Å². The number of rotatable bonds is 5. The summed E-state index contributed by atoms with van der Waals surface area (Å²) in [5.41, 5.74) is 9.00. The first-order chi connectivity index (χ1) is 8.77. The molecule has 2 aromatic rings. The van der Waals surface area contributed by atoms with Gasteiger partial charge in [0, 0.05) is 11.4 Å². The molecule has 2 heteroatoms. The van der Waals surface area contributed by atoms with E-state index in [1.165, 1.54) is 11.1 Å². The summed E-state index contributed by atoms with van der Waals surface area (Å²) in [7, 11) is 0. The van der Waals surface area contributed by atoms with Gasteiger partial charge < -0.3 is 5.73 Å². The minimum absolute atomic E-state index is 0.313. The fraction of sp³-hybridized carbons (Fsp3) is 0.125. The Morgan fingerprint density at radius 2 is 1.39 bits per heavy atom. The average Bonchev–Trinajstić information content (AvgIpc) is 2.41. The molecule has 0 aliphatic carbocycles. The van der Waals surface area contributed by atoms with E-state index in [-0.39, 0.29) is 0 Å². The lowest BCUT2D eigenvalue weighted by Crippen LogP contribution is -2.02. The maximum absolute atomic E-state index is 5.68. The van der Waals surface area contributed by atoms with Gasteiger partial charge in [-0.3, -0.25) is 0 Å². The molecule has 92 valence electrons. The van der Waals surface area contributed by atoms with Gasteiger partial charge in [-0.15, -0.1) is 11.8 Å². The summed E-state index contributed by atoms with van der Waals surface area (Å²) in [6.45, 7) is 3.77. The highest BCUT2D eigenvalue weighted by molar-refractivity contribution is 7.99. The first-order valence-electron chi connectivity index (χ1n) is 5.92. The zero-order valence-corrected chi connectivity index (χ0v) is 11.1. The summed E-state index contributed by atoms with van der Waals surface area (Å²) >= 11 is 1.81. The largest absolute Gasteiger partial charge is 0.402 e. The highest BCUT2D eigenvalue weighted by Gasteiger charge is 2.13. The molecule has 18 heavy (non-hydrogen) atoms. The molecule has 0 atom stereocenters. The van der Waals surface area contributed by atoms with Gasteiger partial charge in [-0.05, 0) is 11.1 Å². The Morgan fingerprint density at radius 3 is 1.78 bits per heavy atom. The number of benzene rings is 2. The normalized spacial score (nSPS) is 10.5. The molecule has 2 N–H and O–H groups in total. The van der Waals surface area contributed by atoms with Crippen LogP contribution in [0.5, 0.6) is 0 Å². The van der Waals surface area contributed by atoms with Crippen LogP contribution in [0.15, 0.2) is 72.9 Å². The summed E-state index contributed by atoms with van der Waals surface area (Å²) in [4.78, 5) is 0. The van der Waals surface area contributed by atoms with Gasteiger partial charge in [-0.1, -0.05) is 67.2 Å². The lowest BCUT2D eigenvalue weighted by atomic mass is 10.0. The van der Waals surface area contributed by atoms with Crippen LogP contribution in [0.25, 0.3) is 0 Å². The van der Waals surface area contributed by atoms with E-state index >= 15 is 0 Å². The first-order valence-corrected chi connectivity index (χ1v) is 6.97. The van der Waals surface area contributed by atoms with E-state index in [0.29, 0.717) is 5.25 Å². The van der Waals surface area contributed by atoms with Crippen molar-refractivity contribution in [1.29, 1.82) is 0 Å². The summed E-state index contributed by atoms with van der Waals surface area (Å²) in [6, 6.07) is 21.0. The molecule has 0 fully saturated rings. The molecular weight excluding hydrogens is 238 g/mol. The molecule has 0 amide bonds. The first kappa shape index (κ1) is 12.8. The zero-order valence-electron chi connectivity index (χ0n) is 10.3. The van der Waals surface area contributed by atoms with Crippen LogP contribution in [0.1, 0.15) is 16.4 Å². The number of hydrogen-bond acceptors (Lipinski definition) is 2. The van der Waals surface area contributed by atoms with E-state index in [2.05, 4.69) is 55.1 Å². The highest BCUT2D eigenvalue weighted by atomic mass is 32.2. The van der Waals surface area contributed by atoms with E-state index in [9.17, 15) is 0 Å². The van der Waals surface area contributed by atoms with Crippen molar-refractivity contribution in [2.24, 2.45) is 5.73 Å². The predicted octanol–water partition coefficient (Wildman–Crippen LogP) is 3.98. The molecule has 0 unspecified atom stereocenters. The van der Waals surface area contributed by atoms with Crippen LogP contribution in [0.3, 0.4) is 0 Å². The Bertz CT molecular complexity index is 454. The molecule has 0 heterocycles. The van der Waals surface area contributed by atoms with Crippen LogP contribution < -0.4 is 5.73 Å². The average molecular weight is 255 g/mol. The number of nitrogens with two attached hydrogens (primary N) is 1. The van der Waals surface area contributed by atoms with Crippen LogP contribution in [0.4, 0.5) is 0 Å². The monoisotopic (exact) mass is 255 g/mol. The summed E-state index contributed by atoms with van der Waals surface area (Å²) in [6.07, 6.45) is 0. The van der Waals surface area contributed by atoms with E-state index in [0.717, 1.165) is 11.4 Å². The topological polar surface area (TPSA) is 26.0 Å². The predicted molar refractivity (Wildman–Crippen MR) is 80.5 cm³/mol. The number of hydrogen-bond donors (Lipinski definition) is 1. The standard InChI is InChI=1S/C16H17NS/c1-13(17)12-18-16(14-8-4-2-5-9-14)15-10-6-3-7-11-15/h2-11,16H,1,12,17H2. The van der Waals surface area contributed by atoms with Gasteiger partial charge >= 0.3 is 0 Å². The van der Waals surface area contributed by atoms with Crippen molar-refractivity contribution in [3.05, 3.63) is 84.1 Å². The third kappa shape index (κ3) is 3.41. The van der Waals surface area contributed by atoms with Crippen LogP contribution in [0, 0.1) is 0 Å². The van der Waals surface area contributed by atoms with Gasteiger partial charge in [0.2, 0.25) is 0 Å². The zero-order chi connectivity index (χ0) is 12.8. The Morgan fingerprint density at radius 1 is 0.944 bits per heavy atom. The fourth-order valence-electron chi connectivity index (χ4n) is 1.83. The van der Waals surface area contributed by atoms with Crippen molar-refractivity contribution >= 4 is 11.8 Å². The second-order valence-corrected chi connectivity index (χ2v) is 5.26.